The first-order valence-electron chi connectivity index (χ1n) is 5.51. The average Bonchev–Trinajstić information content (AvgIpc) is 2.22. The summed E-state index contributed by atoms with van der Waals surface area (Å²) >= 11 is 0. The van der Waals surface area contributed by atoms with Crippen LogP contribution in [-0.2, 0) is 0 Å². The first-order chi connectivity index (χ1) is 7.58. The van der Waals surface area contributed by atoms with Crippen LogP contribution in [0.3, 0.4) is 0 Å². The molecule has 0 spiro atoms. The van der Waals surface area contributed by atoms with Crippen LogP contribution in [0.4, 0.5) is 5.69 Å². The lowest BCUT2D eigenvalue weighted by Gasteiger charge is -2.11. The Labute approximate surface area is 96.9 Å². The molecule has 0 fully saturated rings. The van der Waals surface area contributed by atoms with E-state index in [2.05, 4.69) is 45.0 Å². The maximum Gasteiger partial charge on any atom is 0.0320 e. The Balaban J connectivity index is 2.62. The van der Waals surface area contributed by atoms with Gasteiger partial charge in [0.15, 0.2) is 0 Å². The van der Waals surface area contributed by atoms with E-state index in [1.165, 1.54) is 27.8 Å². The molecule has 82 valence electrons. The van der Waals surface area contributed by atoms with Gasteiger partial charge in [-0.05, 0) is 55.2 Å². The third-order valence-corrected chi connectivity index (χ3v) is 2.93. The second kappa shape index (κ2) is 4.01. The zero-order chi connectivity index (χ0) is 11.7. The standard InChI is InChI=1S/C15H17N/c1-10-4-7-14(12(3)8-10)15-9-13(16)6-5-11(15)2/h4-9H,16H2,1-3H3. The second-order valence-electron chi connectivity index (χ2n) is 4.39. The smallest absolute Gasteiger partial charge is 0.0320 e. The number of aryl methyl sites for hydroxylation is 3. The summed E-state index contributed by atoms with van der Waals surface area (Å²) in [6, 6.07) is 12.6. The minimum Gasteiger partial charge on any atom is -0.399 e. The average molecular weight is 211 g/mol. The first-order valence-corrected chi connectivity index (χ1v) is 5.51. The van der Waals surface area contributed by atoms with Gasteiger partial charge in [-0.15, -0.1) is 0 Å². The van der Waals surface area contributed by atoms with Gasteiger partial charge in [0.2, 0.25) is 0 Å². The van der Waals surface area contributed by atoms with Crippen molar-refractivity contribution in [2.75, 3.05) is 5.73 Å². The topological polar surface area (TPSA) is 26.0 Å². The minimum atomic E-state index is 0.820. The van der Waals surface area contributed by atoms with E-state index in [4.69, 9.17) is 5.73 Å². The van der Waals surface area contributed by atoms with Crippen molar-refractivity contribution in [2.45, 2.75) is 20.8 Å². The van der Waals surface area contributed by atoms with Gasteiger partial charge in [-0.3, -0.25) is 0 Å². The zero-order valence-electron chi connectivity index (χ0n) is 10.0. The highest BCUT2D eigenvalue weighted by Crippen LogP contribution is 2.28. The minimum absolute atomic E-state index is 0.820. The molecule has 2 rings (SSSR count). The molecule has 0 bridgehead atoms. The zero-order valence-corrected chi connectivity index (χ0v) is 10.0. The van der Waals surface area contributed by atoms with E-state index in [-0.39, 0.29) is 0 Å². The lowest BCUT2D eigenvalue weighted by Crippen LogP contribution is -1.91. The lowest BCUT2D eigenvalue weighted by atomic mass is 9.95. The lowest BCUT2D eigenvalue weighted by molar-refractivity contribution is 1.36. The van der Waals surface area contributed by atoms with Crippen molar-refractivity contribution >= 4 is 5.69 Å². The fourth-order valence-corrected chi connectivity index (χ4v) is 2.05. The molecule has 0 atom stereocenters. The van der Waals surface area contributed by atoms with E-state index in [0.717, 1.165) is 5.69 Å². The summed E-state index contributed by atoms with van der Waals surface area (Å²) in [6.45, 7) is 6.38. The Hall–Kier alpha value is -1.76. The second-order valence-corrected chi connectivity index (χ2v) is 4.39. The third-order valence-electron chi connectivity index (χ3n) is 2.93. The van der Waals surface area contributed by atoms with Crippen LogP contribution >= 0.6 is 0 Å². The molecule has 2 aromatic carbocycles. The van der Waals surface area contributed by atoms with Crippen molar-refractivity contribution in [3.63, 3.8) is 0 Å². The van der Waals surface area contributed by atoms with E-state index in [1.54, 1.807) is 0 Å². The molecular weight excluding hydrogens is 194 g/mol. The molecule has 0 radical (unpaired) electrons. The predicted octanol–water partition coefficient (Wildman–Crippen LogP) is 3.86. The van der Waals surface area contributed by atoms with Crippen molar-refractivity contribution in [1.29, 1.82) is 0 Å². The molecule has 0 aliphatic rings. The fourth-order valence-electron chi connectivity index (χ4n) is 2.05. The van der Waals surface area contributed by atoms with Crippen LogP contribution in [0, 0.1) is 20.8 Å². The van der Waals surface area contributed by atoms with Crippen LogP contribution in [0.1, 0.15) is 16.7 Å². The molecule has 0 unspecified atom stereocenters. The normalized spacial score (nSPS) is 10.4. The van der Waals surface area contributed by atoms with Gasteiger partial charge in [0.25, 0.3) is 0 Å². The van der Waals surface area contributed by atoms with Crippen LogP contribution < -0.4 is 5.73 Å². The van der Waals surface area contributed by atoms with E-state index in [9.17, 15) is 0 Å². The van der Waals surface area contributed by atoms with Crippen LogP contribution in [0.2, 0.25) is 0 Å². The van der Waals surface area contributed by atoms with Gasteiger partial charge in [-0.25, -0.2) is 0 Å². The van der Waals surface area contributed by atoms with Crippen molar-refractivity contribution in [2.24, 2.45) is 0 Å². The maximum atomic E-state index is 5.84. The number of hydrogen-bond acceptors (Lipinski definition) is 1. The van der Waals surface area contributed by atoms with E-state index in [1.807, 2.05) is 12.1 Å². The van der Waals surface area contributed by atoms with Gasteiger partial charge < -0.3 is 5.73 Å². The highest BCUT2D eigenvalue weighted by molar-refractivity contribution is 5.73. The molecule has 0 aromatic heterocycles. The molecule has 0 aliphatic heterocycles. The molecule has 0 saturated heterocycles. The number of benzene rings is 2. The molecule has 2 N–H and O–H groups in total. The van der Waals surface area contributed by atoms with Crippen LogP contribution in [-0.4, -0.2) is 0 Å². The Morgan fingerprint density at radius 3 is 2.19 bits per heavy atom. The van der Waals surface area contributed by atoms with Gasteiger partial charge in [0, 0.05) is 5.69 Å². The number of rotatable bonds is 1. The van der Waals surface area contributed by atoms with Gasteiger partial charge in [-0.2, -0.15) is 0 Å². The highest BCUT2D eigenvalue weighted by atomic mass is 14.5. The molecule has 0 saturated carbocycles. The fraction of sp³-hybridized carbons (Fsp3) is 0.200. The Kier molecular flexibility index (Phi) is 2.69. The van der Waals surface area contributed by atoms with Gasteiger partial charge in [0.05, 0.1) is 0 Å². The van der Waals surface area contributed by atoms with E-state index >= 15 is 0 Å². The largest absolute Gasteiger partial charge is 0.399 e. The Bertz CT molecular complexity index is 527. The molecule has 0 heterocycles. The van der Waals surface area contributed by atoms with Crippen molar-refractivity contribution in [3.8, 4) is 11.1 Å². The van der Waals surface area contributed by atoms with Crippen molar-refractivity contribution in [1.82, 2.24) is 0 Å². The third kappa shape index (κ3) is 1.94. The molecule has 0 aliphatic carbocycles. The van der Waals surface area contributed by atoms with Crippen molar-refractivity contribution < 1.29 is 0 Å². The summed E-state index contributed by atoms with van der Waals surface area (Å²) in [5.41, 5.74) is 13.0. The SMILES string of the molecule is Cc1ccc(-c2cc(N)ccc2C)c(C)c1. The van der Waals surface area contributed by atoms with Gasteiger partial charge in [0.1, 0.15) is 0 Å². The highest BCUT2D eigenvalue weighted by Gasteiger charge is 2.05. The Morgan fingerprint density at radius 2 is 1.50 bits per heavy atom. The molecule has 2 aromatic rings. The maximum absolute atomic E-state index is 5.84. The summed E-state index contributed by atoms with van der Waals surface area (Å²) in [5.74, 6) is 0. The molecule has 16 heavy (non-hydrogen) atoms. The summed E-state index contributed by atoms with van der Waals surface area (Å²) in [5, 5.41) is 0. The summed E-state index contributed by atoms with van der Waals surface area (Å²) < 4.78 is 0. The predicted molar refractivity (Wildman–Crippen MR) is 70.5 cm³/mol. The van der Waals surface area contributed by atoms with E-state index < -0.39 is 0 Å². The van der Waals surface area contributed by atoms with Gasteiger partial charge >= 0.3 is 0 Å². The van der Waals surface area contributed by atoms with Crippen LogP contribution in [0.15, 0.2) is 36.4 Å². The number of nitrogen functional groups attached to an aromatic ring is 1. The summed E-state index contributed by atoms with van der Waals surface area (Å²) in [7, 11) is 0. The van der Waals surface area contributed by atoms with Gasteiger partial charge in [-0.1, -0.05) is 29.8 Å². The number of nitrogens with two attached hydrogens (primary N) is 1. The molecule has 0 amide bonds. The van der Waals surface area contributed by atoms with E-state index in [0.29, 0.717) is 0 Å². The monoisotopic (exact) mass is 211 g/mol. The number of hydrogen-bond donors (Lipinski definition) is 1. The first kappa shape index (κ1) is 10.7. The molecule has 1 nitrogen and oxygen atoms in total. The van der Waals surface area contributed by atoms with Crippen LogP contribution in [0.25, 0.3) is 11.1 Å². The summed E-state index contributed by atoms with van der Waals surface area (Å²) in [4.78, 5) is 0. The Morgan fingerprint density at radius 1 is 0.750 bits per heavy atom. The summed E-state index contributed by atoms with van der Waals surface area (Å²) in [6.07, 6.45) is 0. The quantitative estimate of drug-likeness (QED) is 0.712. The number of anilines is 1. The molecule has 1 heteroatoms. The molecular formula is C15H17N. The van der Waals surface area contributed by atoms with Crippen molar-refractivity contribution in [3.05, 3.63) is 53.1 Å². The van der Waals surface area contributed by atoms with Crippen LogP contribution in [0.5, 0.6) is 0 Å².